The molecule has 4 nitrogen and oxygen atoms in total. The number of rotatable bonds is 3. The van der Waals surface area contributed by atoms with Crippen LogP contribution in [0.25, 0.3) is 10.9 Å². The van der Waals surface area contributed by atoms with Crippen molar-refractivity contribution in [1.82, 2.24) is 9.78 Å². The van der Waals surface area contributed by atoms with Crippen LogP contribution >= 0.6 is 0 Å². The fourth-order valence-corrected chi connectivity index (χ4v) is 2.36. The molecule has 0 saturated carbocycles. The molecule has 0 spiro atoms. The molecule has 0 fully saturated rings. The van der Waals surface area contributed by atoms with Gasteiger partial charge in [-0.2, -0.15) is 10.4 Å². The largest absolute Gasteiger partial charge is 0.378 e. The number of anilines is 1. The SMILES string of the molecule is Cn1nc(CNc2ccc(F)cc2C#N)c2ccccc21. The van der Waals surface area contributed by atoms with Crippen LogP contribution in [0.3, 0.4) is 0 Å². The van der Waals surface area contributed by atoms with Gasteiger partial charge < -0.3 is 5.32 Å². The Bertz CT molecular complexity index is 845. The first-order valence-corrected chi connectivity index (χ1v) is 6.53. The van der Waals surface area contributed by atoms with E-state index in [1.165, 1.54) is 12.1 Å². The Labute approximate surface area is 121 Å². The summed E-state index contributed by atoms with van der Waals surface area (Å²) in [5, 5.41) is 17.7. The van der Waals surface area contributed by atoms with Crippen LogP contribution in [-0.4, -0.2) is 9.78 Å². The molecule has 0 aliphatic heterocycles. The third-order valence-electron chi connectivity index (χ3n) is 3.38. The molecule has 0 bridgehead atoms. The summed E-state index contributed by atoms with van der Waals surface area (Å²) in [5.41, 5.74) is 2.83. The Morgan fingerprint density at radius 1 is 1.29 bits per heavy atom. The minimum atomic E-state index is -0.416. The minimum Gasteiger partial charge on any atom is -0.378 e. The number of benzene rings is 2. The topological polar surface area (TPSA) is 53.6 Å². The van der Waals surface area contributed by atoms with E-state index in [1.54, 1.807) is 6.07 Å². The highest BCUT2D eigenvalue weighted by molar-refractivity contribution is 5.82. The number of nitrogens with zero attached hydrogens (tertiary/aromatic N) is 3. The van der Waals surface area contributed by atoms with Crippen molar-refractivity contribution in [3.8, 4) is 6.07 Å². The van der Waals surface area contributed by atoms with Crippen molar-refractivity contribution in [2.24, 2.45) is 7.05 Å². The van der Waals surface area contributed by atoms with Gasteiger partial charge >= 0.3 is 0 Å². The molecule has 21 heavy (non-hydrogen) atoms. The predicted octanol–water partition coefficient (Wildman–Crippen LogP) is 3.20. The van der Waals surface area contributed by atoms with Crippen molar-refractivity contribution < 1.29 is 4.39 Å². The van der Waals surface area contributed by atoms with Gasteiger partial charge in [0.05, 0.1) is 29.0 Å². The van der Waals surface area contributed by atoms with E-state index in [-0.39, 0.29) is 5.56 Å². The molecule has 0 aliphatic carbocycles. The van der Waals surface area contributed by atoms with Gasteiger partial charge in [0, 0.05) is 12.4 Å². The maximum atomic E-state index is 13.1. The van der Waals surface area contributed by atoms with E-state index < -0.39 is 5.82 Å². The Morgan fingerprint density at radius 2 is 2.10 bits per heavy atom. The van der Waals surface area contributed by atoms with E-state index in [9.17, 15) is 4.39 Å². The minimum absolute atomic E-state index is 0.287. The molecule has 0 saturated heterocycles. The highest BCUT2D eigenvalue weighted by Gasteiger charge is 2.09. The van der Waals surface area contributed by atoms with Gasteiger partial charge in [0.25, 0.3) is 0 Å². The Morgan fingerprint density at radius 3 is 2.90 bits per heavy atom. The number of para-hydroxylation sites is 1. The van der Waals surface area contributed by atoms with Crippen molar-refractivity contribution in [1.29, 1.82) is 5.26 Å². The molecule has 3 rings (SSSR count). The molecule has 1 aromatic heterocycles. The first kappa shape index (κ1) is 13.1. The molecular weight excluding hydrogens is 267 g/mol. The average molecular weight is 280 g/mol. The second kappa shape index (κ2) is 5.25. The standard InChI is InChI=1S/C16H13FN4/c1-21-16-5-3-2-4-13(16)15(20-21)10-19-14-7-6-12(17)8-11(14)9-18/h2-8,19H,10H2,1H3. The van der Waals surface area contributed by atoms with E-state index in [2.05, 4.69) is 10.4 Å². The van der Waals surface area contributed by atoms with Crippen molar-refractivity contribution in [2.75, 3.05) is 5.32 Å². The van der Waals surface area contributed by atoms with Crippen LogP contribution in [0.2, 0.25) is 0 Å². The van der Waals surface area contributed by atoms with Crippen LogP contribution in [0.4, 0.5) is 10.1 Å². The third-order valence-corrected chi connectivity index (χ3v) is 3.38. The van der Waals surface area contributed by atoms with Gasteiger partial charge in [-0.05, 0) is 24.3 Å². The lowest BCUT2D eigenvalue weighted by Gasteiger charge is -2.06. The normalized spacial score (nSPS) is 10.5. The Kier molecular flexibility index (Phi) is 3.28. The van der Waals surface area contributed by atoms with Crippen LogP contribution in [0.1, 0.15) is 11.3 Å². The molecule has 0 aliphatic rings. The highest BCUT2D eigenvalue weighted by Crippen LogP contribution is 2.20. The lowest BCUT2D eigenvalue weighted by Crippen LogP contribution is -2.03. The third kappa shape index (κ3) is 2.43. The molecule has 3 aromatic rings. The van der Waals surface area contributed by atoms with Gasteiger partial charge in [-0.15, -0.1) is 0 Å². The molecular formula is C16H13FN4. The number of fused-ring (bicyclic) bond motifs is 1. The van der Waals surface area contributed by atoms with Gasteiger partial charge in [-0.3, -0.25) is 4.68 Å². The van der Waals surface area contributed by atoms with Crippen molar-refractivity contribution in [2.45, 2.75) is 6.54 Å². The van der Waals surface area contributed by atoms with Gasteiger partial charge in [-0.1, -0.05) is 18.2 Å². The molecule has 104 valence electrons. The Hall–Kier alpha value is -2.87. The second-order valence-corrected chi connectivity index (χ2v) is 4.74. The van der Waals surface area contributed by atoms with Gasteiger partial charge in [-0.25, -0.2) is 4.39 Å². The maximum Gasteiger partial charge on any atom is 0.124 e. The van der Waals surface area contributed by atoms with Gasteiger partial charge in [0.2, 0.25) is 0 Å². The number of nitriles is 1. The number of hydrogen-bond acceptors (Lipinski definition) is 3. The second-order valence-electron chi connectivity index (χ2n) is 4.74. The number of hydrogen-bond donors (Lipinski definition) is 1. The van der Waals surface area contributed by atoms with Gasteiger partial charge in [0.1, 0.15) is 11.9 Å². The quantitative estimate of drug-likeness (QED) is 0.801. The van der Waals surface area contributed by atoms with Crippen molar-refractivity contribution in [3.63, 3.8) is 0 Å². The summed E-state index contributed by atoms with van der Waals surface area (Å²) in [6, 6.07) is 14.1. The zero-order valence-electron chi connectivity index (χ0n) is 11.5. The first-order valence-electron chi connectivity index (χ1n) is 6.53. The molecule has 0 atom stereocenters. The summed E-state index contributed by atoms with van der Waals surface area (Å²) >= 11 is 0. The zero-order valence-corrected chi connectivity index (χ0v) is 11.5. The molecule has 0 unspecified atom stereocenters. The Balaban J connectivity index is 1.89. The summed E-state index contributed by atoms with van der Waals surface area (Å²) in [6.07, 6.45) is 0. The number of aryl methyl sites for hydroxylation is 1. The smallest absolute Gasteiger partial charge is 0.124 e. The lowest BCUT2D eigenvalue weighted by atomic mass is 10.1. The molecule has 2 aromatic carbocycles. The summed E-state index contributed by atoms with van der Waals surface area (Å²) in [4.78, 5) is 0. The average Bonchev–Trinajstić information content (AvgIpc) is 2.83. The van der Waals surface area contributed by atoms with Crippen LogP contribution in [0.15, 0.2) is 42.5 Å². The summed E-state index contributed by atoms with van der Waals surface area (Å²) in [6.45, 7) is 0.474. The maximum absolute atomic E-state index is 13.1. The van der Waals surface area contributed by atoms with E-state index in [4.69, 9.17) is 5.26 Å². The predicted molar refractivity (Wildman–Crippen MR) is 79.2 cm³/mol. The summed E-state index contributed by atoms with van der Waals surface area (Å²) in [5.74, 6) is -0.416. The highest BCUT2D eigenvalue weighted by atomic mass is 19.1. The van der Waals surface area contributed by atoms with Crippen LogP contribution < -0.4 is 5.32 Å². The van der Waals surface area contributed by atoms with Crippen LogP contribution in [-0.2, 0) is 13.6 Å². The fourth-order valence-electron chi connectivity index (χ4n) is 2.36. The zero-order chi connectivity index (χ0) is 14.8. The summed E-state index contributed by atoms with van der Waals surface area (Å²) < 4.78 is 14.9. The van der Waals surface area contributed by atoms with Gasteiger partial charge in [0.15, 0.2) is 0 Å². The number of aromatic nitrogens is 2. The summed E-state index contributed by atoms with van der Waals surface area (Å²) in [7, 11) is 1.89. The van der Waals surface area contributed by atoms with E-state index in [1.807, 2.05) is 42.1 Å². The first-order chi connectivity index (χ1) is 10.2. The molecule has 0 amide bonds. The van der Waals surface area contributed by atoms with Crippen LogP contribution in [0.5, 0.6) is 0 Å². The number of halogens is 1. The monoisotopic (exact) mass is 280 g/mol. The van der Waals surface area contributed by atoms with Crippen LogP contribution in [0, 0.1) is 17.1 Å². The van der Waals surface area contributed by atoms with E-state index in [0.29, 0.717) is 12.2 Å². The number of nitrogens with one attached hydrogen (secondary N) is 1. The van der Waals surface area contributed by atoms with E-state index in [0.717, 1.165) is 16.6 Å². The lowest BCUT2D eigenvalue weighted by molar-refractivity contribution is 0.627. The molecule has 1 N–H and O–H groups in total. The fraction of sp³-hybridized carbons (Fsp3) is 0.125. The van der Waals surface area contributed by atoms with Crippen molar-refractivity contribution >= 4 is 16.6 Å². The molecule has 1 heterocycles. The van der Waals surface area contributed by atoms with Crippen molar-refractivity contribution in [3.05, 3.63) is 59.5 Å². The molecule has 0 radical (unpaired) electrons. The van der Waals surface area contributed by atoms with E-state index >= 15 is 0 Å². The molecule has 5 heteroatoms.